The number of nitrogens with one attached hydrogen (secondary N) is 1. The van der Waals surface area contributed by atoms with E-state index in [4.69, 9.17) is 10.3 Å². The number of hydrogen-bond acceptors (Lipinski definition) is 4. The third kappa shape index (κ3) is 1.76. The van der Waals surface area contributed by atoms with E-state index in [1.165, 1.54) is 0 Å². The van der Waals surface area contributed by atoms with E-state index in [-0.39, 0.29) is 22.7 Å². The van der Waals surface area contributed by atoms with E-state index < -0.39 is 0 Å². The van der Waals surface area contributed by atoms with Crippen molar-refractivity contribution in [1.29, 1.82) is 5.53 Å². The van der Waals surface area contributed by atoms with Crippen LogP contribution in [0.15, 0.2) is 0 Å². The van der Waals surface area contributed by atoms with E-state index >= 15 is 0 Å². The van der Waals surface area contributed by atoms with Crippen molar-refractivity contribution < 1.29 is 19.1 Å². The maximum absolute atomic E-state index is 11.6. The molecular weight excluding hydrogens is 196 g/mol. The first-order valence-electron chi connectivity index (χ1n) is 5.05. The lowest BCUT2D eigenvalue weighted by Crippen LogP contribution is -2.44. The van der Waals surface area contributed by atoms with E-state index in [9.17, 15) is 9.59 Å². The van der Waals surface area contributed by atoms with Gasteiger partial charge >= 0.3 is 5.71 Å². The Bertz CT molecular complexity index is 341. The average molecular weight is 209 g/mol. The molecule has 1 aliphatic heterocycles. The summed E-state index contributed by atoms with van der Waals surface area (Å²) in [5, 5.41) is 0. The van der Waals surface area contributed by atoms with Gasteiger partial charge < -0.3 is 4.74 Å². The van der Waals surface area contributed by atoms with E-state index in [1.54, 1.807) is 0 Å². The van der Waals surface area contributed by atoms with E-state index in [0.717, 1.165) is 12.8 Å². The third-order valence-corrected chi connectivity index (χ3v) is 3.26. The van der Waals surface area contributed by atoms with Crippen molar-refractivity contribution >= 4 is 17.3 Å². The molecule has 2 aliphatic rings. The van der Waals surface area contributed by atoms with Crippen LogP contribution >= 0.6 is 0 Å². The molecule has 0 radical (unpaired) electrons. The minimum Gasteiger partial charge on any atom is -0.381 e. The SMILES string of the molecule is N=[N+]=C1C(=O)CC2(CCOCC2)CC1=O. The van der Waals surface area contributed by atoms with Crippen LogP contribution in [-0.4, -0.2) is 35.3 Å². The molecule has 80 valence electrons. The van der Waals surface area contributed by atoms with Crippen molar-refractivity contribution in [2.45, 2.75) is 25.7 Å². The number of carbonyl (C=O) groups is 2. The summed E-state index contributed by atoms with van der Waals surface area (Å²) in [4.78, 5) is 26.2. The number of rotatable bonds is 0. The van der Waals surface area contributed by atoms with Crippen LogP contribution in [-0.2, 0) is 14.3 Å². The first-order valence-corrected chi connectivity index (χ1v) is 5.05. The van der Waals surface area contributed by atoms with Crippen LogP contribution in [0.3, 0.4) is 0 Å². The fourth-order valence-electron chi connectivity index (χ4n) is 2.35. The molecule has 1 saturated heterocycles. The summed E-state index contributed by atoms with van der Waals surface area (Å²) in [6, 6.07) is 0. The molecule has 2 rings (SSSR count). The number of Topliss-reactive ketones (excluding diaryl/α,β-unsaturated/α-hetero) is 2. The van der Waals surface area contributed by atoms with E-state index in [0.29, 0.717) is 26.1 Å². The molecule has 0 aromatic rings. The molecule has 5 nitrogen and oxygen atoms in total. The standard InChI is InChI=1S/C10H13N2O3/c11-12-9-7(13)5-10(6-8(9)14)1-3-15-4-2-10/h11H,1-6H2/q+1. The van der Waals surface area contributed by atoms with Gasteiger partial charge in [-0.2, -0.15) is 0 Å². The number of hydrogen-bond donors (Lipinski definition) is 1. The van der Waals surface area contributed by atoms with Crippen LogP contribution < -0.4 is 0 Å². The zero-order valence-corrected chi connectivity index (χ0v) is 8.41. The zero-order valence-electron chi connectivity index (χ0n) is 8.41. The lowest BCUT2D eigenvalue weighted by molar-refractivity contribution is -0.151. The minimum absolute atomic E-state index is 0.174. The Morgan fingerprint density at radius 3 is 2.13 bits per heavy atom. The van der Waals surface area contributed by atoms with Crippen LogP contribution in [0.1, 0.15) is 25.7 Å². The van der Waals surface area contributed by atoms with Gasteiger partial charge in [0.2, 0.25) is 0 Å². The average Bonchev–Trinajstić information content (AvgIpc) is 2.18. The lowest BCUT2D eigenvalue weighted by Gasteiger charge is -2.36. The Kier molecular flexibility index (Phi) is 2.50. The van der Waals surface area contributed by atoms with Gasteiger partial charge in [0, 0.05) is 26.1 Å². The predicted octanol–water partition coefficient (Wildman–Crippen LogP) is 0.395. The molecule has 0 atom stereocenters. The number of ether oxygens (including phenoxy) is 1. The summed E-state index contributed by atoms with van der Waals surface area (Å²) in [5.41, 5.74) is 6.40. The quantitative estimate of drug-likeness (QED) is 0.463. The largest absolute Gasteiger partial charge is 0.449 e. The summed E-state index contributed by atoms with van der Waals surface area (Å²) in [5.74, 6) is -0.550. The van der Waals surface area contributed by atoms with Crippen LogP contribution in [0.25, 0.3) is 0 Å². The molecule has 2 fully saturated rings. The summed E-state index contributed by atoms with van der Waals surface area (Å²) in [7, 11) is 0. The Morgan fingerprint density at radius 2 is 1.67 bits per heavy atom. The van der Waals surface area contributed by atoms with Gasteiger partial charge in [0.15, 0.2) is 0 Å². The van der Waals surface area contributed by atoms with Gasteiger partial charge in [-0.05, 0) is 18.3 Å². The van der Waals surface area contributed by atoms with Gasteiger partial charge in [-0.25, -0.2) is 0 Å². The molecule has 1 heterocycles. The van der Waals surface area contributed by atoms with Gasteiger partial charge in [-0.3, -0.25) is 9.59 Å². The fraction of sp³-hybridized carbons (Fsp3) is 0.700. The third-order valence-electron chi connectivity index (χ3n) is 3.26. The molecule has 0 unspecified atom stereocenters. The van der Waals surface area contributed by atoms with Crippen molar-refractivity contribution in [2.24, 2.45) is 5.41 Å². The second kappa shape index (κ2) is 3.68. The van der Waals surface area contributed by atoms with Crippen molar-refractivity contribution in [1.82, 2.24) is 0 Å². The van der Waals surface area contributed by atoms with Gasteiger partial charge in [0.25, 0.3) is 11.6 Å². The first kappa shape index (κ1) is 10.2. The second-order valence-corrected chi connectivity index (χ2v) is 4.27. The summed E-state index contributed by atoms with van der Waals surface area (Å²) >= 11 is 0. The zero-order chi connectivity index (χ0) is 10.9. The number of nitrogens with zero attached hydrogens (tertiary/aromatic N) is 1. The smallest absolute Gasteiger partial charge is 0.381 e. The highest BCUT2D eigenvalue weighted by atomic mass is 16.5. The summed E-state index contributed by atoms with van der Waals surface area (Å²) < 4.78 is 5.23. The maximum Gasteiger partial charge on any atom is 0.449 e. The Balaban J connectivity index is 2.23. The molecule has 0 aromatic carbocycles. The van der Waals surface area contributed by atoms with E-state index in [2.05, 4.69) is 4.79 Å². The summed E-state index contributed by atoms with van der Waals surface area (Å²) in [6.45, 7) is 1.24. The molecule has 15 heavy (non-hydrogen) atoms. The number of ketones is 2. The van der Waals surface area contributed by atoms with Crippen molar-refractivity contribution in [3.05, 3.63) is 0 Å². The first-order chi connectivity index (χ1) is 7.17. The van der Waals surface area contributed by atoms with Gasteiger partial charge in [-0.1, -0.05) is 0 Å². The fourth-order valence-corrected chi connectivity index (χ4v) is 2.35. The predicted molar refractivity (Wildman–Crippen MR) is 49.7 cm³/mol. The van der Waals surface area contributed by atoms with Crippen LogP contribution in [0, 0.1) is 10.9 Å². The summed E-state index contributed by atoms with van der Waals surface area (Å²) in [6.07, 6.45) is 2.21. The molecule has 0 aromatic heterocycles. The molecule has 1 spiro atoms. The molecule has 0 amide bonds. The highest BCUT2D eigenvalue weighted by Crippen LogP contribution is 2.40. The molecule has 1 saturated carbocycles. The van der Waals surface area contributed by atoms with Crippen LogP contribution in [0.2, 0.25) is 0 Å². The molecular formula is C10H13N2O3+. The minimum atomic E-state index is -0.275. The molecule has 1 N–H and O–H groups in total. The highest BCUT2D eigenvalue weighted by Gasteiger charge is 2.49. The topological polar surface area (TPSA) is 81.3 Å². The highest BCUT2D eigenvalue weighted by molar-refractivity contribution is 6.65. The van der Waals surface area contributed by atoms with Crippen LogP contribution in [0.5, 0.6) is 0 Å². The lowest BCUT2D eigenvalue weighted by atomic mass is 9.68. The van der Waals surface area contributed by atoms with Gasteiger partial charge in [-0.15, -0.1) is 0 Å². The van der Waals surface area contributed by atoms with Crippen molar-refractivity contribution in [2.75, 3.05) is 13.2 Å². The van der Waals surface area contributed by atoms with Crippen LogP contribution in [0.4, 0.5) is 0 Å². The molecule has 0 bridgehead atoms. The van der Waals surface area contributed by atoms with Gasteiger partial charge in [0.1, 0.15) is 0 Å². The maximum atomic E-state index is 11.6. The number of carbonyl (C=O) groups excluding carboxylic acids is 2. The Hall–Kier alpha value is -1.32. The molecule has 1 aliphatic carbocycles. The van der Waals surface area contributed by atoms with E-state index in [1.807, 2.05) is 0 Å². The monoisotopic (exact) mass is 209 g/mol. The van der Waals surface area contributed by atoms with Crippen molar-refractivity contribution in [3.63, 3.8) is 0 Å². The molecule has 5 heteroatoms. The van der Waals surface area contributed by atoms with Crippen molar-refractivity contribution in [3.8, 4) is 0 Å². The second-order valence-electron chi connectivity index (χ2n) is 4.27. The Labute approximate surface area is 87.0 Å². The van der Waals surface area contributed by atoms with Gasteiger partial charge in [0.05, 0.1) is 10.3 Å². The Morgan fingerprint density at radius 1 is 1.13 bits per heavy atom. The normalized spacial score (nSPS) is 25.5.